The number of halogens is 1. The Labute approximate surface area is 145 Å². The molecule has 0 aliphatic carbocycles. The van der Waals surface area contributed by atoms with Crippen LogP contribution < -0.4 is 10.6 Å². The average Bonchev–Trinajstić information content (AvgIpc) is 2.96. The summed E-state index contributed by atoms with van der Waals surface area (Å²) in [7, 11) is 1.68. The molecule has 7 nitrogen and oxygen atoms in total. The number of amides is 1. The van der Waals surface area contributed by atoms with Crippen molar-refractivity contribution in [3.8, 4) is 11.9 Å². The van der Waals surface area contributed by atoms with Crippen molar-refractivity contribution in [2.75, 3.05) is 17.7 Å². The number of aromatic nitrogens is 3. The summed E-state index contributed by atoms with van der Waals surface area (Å²) in [6.45, 7) is 1.82. The van der Waals surface area contributed by atoms with Gasteiger partial charge in [0.25, 0.3) is 0 Å². The van der Waals surface area contributed by atoms with Gasteiger partial charge in [-0.3, -0.25) is 9.78 Å². The van der Waals surface area contributed by atoms with Crippen LogP contribution in [0.3, 0.4) is 0 Å². The number of nitrogens with zero attached hydrogens (tertiary/aromatic N) is 5. The SMILES string of the molecule is CC(CS)C(=O)N(C)c1cn(-c2cccnc2)nc1Cl.N#CN. The summed E-state index contributed by atoms with van der Waals surface area (Å²) in [6.07, 6.45) is 6.31. The molecule has 122 valence electrons. The van der Waals surface area contributed by atoms with Gasteiger partial charge in [0.2, 0.25) is 5.91 Å². The van der Waals surface area contributed by atoms with E-state index in [9.17, 15) is 4.79 Å². The van der Waals surface area contributed by atoms with Gasteiger partial charge in [-0.1, -0.05) is 18.5 Å². The summed E-state index contributed by atoms with van der Waals surface area (Å²) in [5.74, 6) is 0.256. The first-order valence-corrected chi connectivity index (χ1v) is 7.61. The molecule has 1 atom stereocenters. The van der Waals surface area contributed by atoms with E-state index in [0.717, 1.165) is 5.69 Å². The molecule has 2 aromatic heterocycles. The second kappa shape index (κ2) is 9.02. The number of nitrogens with two attached hydrogens (primary N) is 1. The minimum atomic E-state index is -0.179. The average molecular weight is 353 g/mol. The highest BCUT2D eigenvalue weighted by Gasteiger charge is 2.21. The zero-order valence-electron chi connectivity index (χ0n) is 12.7. The Morgan fingerprint density at radius 1 is 1.65 bits per heavy atom. The van der Waals surface area contributed by atoms with Crippen molar-refractivity contribution in [3.63, 3.8) is 0 Å². The van der Waals surface area contributed by atoms with Crippen molar-refractivity contribution >= 4 is 35.8 Å². The van der Waals surface area contributed by atoms with Crippen molar-refractivity contribution < 1.29 is 4.79 Å². The molecule has 23 heavy (non-hydrogen) atoms. The van der Waals surface area contributed by atoms with Crippen LogP contribution in [-0.2, 0) is 4.79 Å². The Morgan fingerprint density at radius 2 is 2.30 bits per heavy atom. The van der Waals surface area contributed by atoms with Gasteiger partial charge in [-0.25, -0.2) is 4.68 Å². The smallest absolute Gasteiger partial charge is 0.230 e. The molecular formula is C14H17ClN6OS. The summed E-state index contributed by atoms with van der Waals surface area (Å²) in [5, 5.41) is 11.6. The molecule has 1 amide bonds. The van der Waals surface area contributed by atoms with Gasteiger partial charge in [0, 0.05) is 24.9 Å². The Morgan fingerprint density at radius 3 is 2.83 bits per heavy atom. The number of nitriles is 1. The summed E-state index contributed by atoms with van der Waals surface area (Å²) < 4.78 is 1.60. The third-order valence-corrected chi connectivity index (χ3v) is 3.77. The van der Waals surface area contributed by atoms with Gasteiger partial charge in [0.15, 0.2) is 11.3 Å². The van der Waals surface area contributed by atoms with Crippen LogP contribution in [0.5, 0.6) is 0 Å². The number of anilines is 1. The summed E-state index contributed by atoms with van der Waals surface area (Å²) in [4.78, 5) is 17.7. The predicted molar refractivity (Wildman–Crippen MR) is 92.6 cm³/mol. The summed E-state index contributed by atoms with van der Waals surface area (Å²) in [5.41, 5.74) is 5.50. The fraction of sp³-hybridized carbons (Fsp3) is 0.286. The molecule has 0 fully saturated rings. The largest absolute Gasteiger partial charge is 0.337 e. The van der Waals surface area contributed by atoms with E-state index in [1.54, 1.807) is 30.3 Å². The molecule has 0 aliphatic heterocycles. The lowest BCUT2D eigenvalue weighted by atomic mass is 10.2. The highest BCUT2D eigenvalue weighted by atomic mass is 35.5. The Balaban J connectivity index is 0.000000816. The molecule has 0 spiro atoms. The number of pyridine rings is 1. The zero-order valence-corrected chi connectivity index (χ0v) is 14.4. The fourth-order valence-corrected chi connectivity index (χ4v) is 2.13. The second-order valence-corrected chi connectivity index (χ2v) is 5.29. The van der Waals surface area contributed by atoms with Crippen LogP contribution in [0.25, 0.3) is 5.69 Å². The van der Waals surface area contributed by atoms with Crippen molar-refractivity contribution in [2.24, 2.45) is 11.7 Å². The van der Waals surface area contributed by atoms with E-state index < -0.39 is 0 Å². The molecule has 0 saturated carbocycles. The minimum absolute atomic E-state index is 0.0485. The molecular weight excluding hydrogens is 336 g/mol. The zero-order chi connectivity index (χ0) is 17.4. The molecule has 1 unspecified atom stereocenters. The van der Waals surface area contributed by atoms with Crippen LogP contribution in [0.15, 0.2) is 30.7 Å². The van der Waals surface area contributed by atoms with Crippen LogP contribution in [0.1, 0.15) is 6.92 Å². The van der Waals surface area contributed by atoms with Crippen molar-refractivity contribution in [3.05, 3.63) is 35.9 Å². The first-order valence-electron chi connectivity index (χ1n) is 6.59. The van der Waals surface area contributed by atoms with Crippen molar-refractivity contribution in [1.29, 1.82) is 5.26 Å². The van der Waals surface area contributed by atoms with Gasteiger partial charge < -0.3 is 10.6 Å². The molecule has 2 aromatic rings. The van der Waals surface area contributed by atoms with Crippen LogP contribution in [-0.4, -0.2) is 33.5 Å². The predicted octanol–water partition coefficient (Wildman–Crippen LogP) is 1.88. The van der Waals surface area contributed by atoms with E-state index in [1.165, 1.54) is 11.1 Å². The number of thiol groups is 1. The lowest BCUT2D eigenvalue weighted by Crippen LogP contribution is -2.32. The fourth-order valence-electron chi connectivity index (χ4n) is 1.72. The van der Waals surface area contributed by atoms with E-state index in [-0.39, 0.29) is 17.0 Å². The quantitative estimate of drug-likeness (QED) is 0.497. The maximum absolute atomic E-state index is 12.1. The topological polar surface area (TPSA) is 101 Å². The third kappa shape index (κ3) is 4.87. The van der Waals surface area contributed by atoms with Crippen LogP contribution in [0, 0.1) is 17.4 Å². The minimum Gasteiger partial charge on any atom is -0.337 e. The molecule has 0 aliphatic rings. The van der Waals surface area contributed by atoms with Gasteiger partial charge in [-0.15, -0.1) is 0 Å². The van der Waals surface area contributed by atoms with Gasteiger partial charge in [0.05, 0.1) is 18.1 Å². The van der Waals surface area contributed by atoms with E-state index in [4.69, 9.17) is 16.9 Å². The monoisotopic (exact) mass is 352 g/mol. The van der Waals surface area contributed by atoms with Crippen LogP contribution in [0.4, 0.5) is 5.69 Å². The molecule has 0 radical (unpaired) electrons. The molecule has 2 rings (SSSR count). The standard InChI is InChI=1S/C13H15ClN4OS.CH2N2/c1-9(8-20)13(19)17(2)11-7-18(16-12(11)14)10-4-3-5-15-6-10;2-1-3/h3-7,9,20H,8H2,1-2H3;2H2. The molecule has 0 aromatic carbocycles. The van der Waals surface area contributed by atoms with Crippen LogP contribution in [0.2, 0.25) is 5.15 Å². The number of hydrogen-bond donors (Lipinski definition) is 2. The van der Waals surface area contributed by atoms with Gasteiger partial charge in [-0.2, -0.15) is 23.0 Å². The highest BCUT2D eigenvalue weighted by Crippen LogP contribution is 2.26. The van der Waals surface area contributed by atoms with Gasteiger partial charge in [-0.05, 0) is 12.1 Å². The van der Waals surface area contributed by atoms with Crippen LogP contribution >= 0.6 is 24.2 Å². The summed E-state index contributed by atoms with van der Waals surface area (Å²) >= 11 is 10.3. The Bertz CT molecular complexity index is 684. The molecule has 9 heteroatoms. The maximum Gasteiger partial charge on any atom is 0.230 e. The summed E-state index contributed by atoms with van der Waals surface area (Å²) in [6, 6.07) is 3.67. The van der Waals surface area contributed by atoms with Gasteiger partial charge in [0.1, 0.15) is 5.69 Å². The van der Waals surface area contributed by atoms with E-state index in [1.807, 2.05) is 19.1 Å². The maximum atomic E-state index is 12.1. The van der Waals surface area contributed by atoms with E-state index >= 15 is 0 Å². The Kier molecular flexibility index (Phi) is 7.38. The number of carbonyl (C=O) groups excluding carboxylic acids is 1. The normalized spacial score (nSPS) is 10.9. The molecule has 2 heterocycles. The van der Waals surface area contributed by atoms with E-state index in [0.29, 0.717) is 11.4 Å². The third-order valence-electron chi connectivity index (χ3n) is 2.95. The van der Waals surface area contributed by atoms with E-state index in [2.05, 4.69) is 28.4 Å². The molecule has 0 bridgehead atoms. The van der Waals surface area contributed by atoms with Crippen molar-refractivity contribution in [2.45, 2.75) is 6.92 Å². The first-order chi connectivity index (χ1) is 11.0. The lowest BCUT2D eigenvalue weighted by Gasteiger charge is -2.18. The highest BCUT2D eigenvalue weighted by molar-refractivity contribution is 7.80. The Hall–Kier alpha value is -2.24. The van der Waals surface area contributed by atoms with Gasteiger partial charge >= 0.3 is 0 Å². The second-order valence-electron chi connectivity index (χ2n) is 4.57. The number of hydrogen-bond acceptors (Lipinski definition) is 6. The first kappa shape index (κ1) is 18.8. The van der Waals surface area contributed by atoms with Crippen molar-refractivity contribution in [1.82, 2.24) is 14.8 Å². The number of carbonyl (C=O) groups is 1. The molecule has 2 N–H and O–H groups in total. The molecule has 0 saturated heterocycles. The number of rotatable bonds is 4. The lowest BCUT2D eigenvalue weighted by molar-refractivity contribution is -0.120.